The molecule has 0 aromatic carbocycles. The number of anilines is 1. The number of nitrogens with zero attached hydrogens (tertiary/aromatic N) is 4. The quantitative estimate of drug-likeness (QED) is 0.838. The van der Waals surface area contributed by atoms with Crippen molar-refractivity contribution in [1.82, 2.24) is 19.1 Å². The zero-order valence-corrected chi connectivity index (χ0v) is 9.52. The van der Waals surface area contributed by atoms with Crippen molar-refractivity contribution < 1.29 is 9.90 Å². The van der Waals surface area contributed by atoms with Gasteiger partial charge < -0.3 is 10.8 Å². The van der Waals surface area contributed by atoms with Gasteiger partial charge >= 0.3 is 5.97 Å². The van der Waals surface area contributed by atoms with E-state index in [-0.39, 0.29) is 11.4 Å². The molecule has 17 heavy (non-hydrogen) atoms. The lowest BCUT2D eigenvalue weighted by atomic mass is 10.4. The van der Waals surface area contributed by atoms with Gasteiger partial charge in [-0.1, -0.05) is 0 Å². The fourth-order valence-corrected chi connectivity index (χ4v) is 2.15. The van der Waals surface area contributed by atoms with E-state index in [0.29, 0.717) is 11.0 Å². The van der Waals surface area contributed by atoms with E-state index in [9.17, 15) is 4.79 Å². The molecular weight excluding hydrogens is 242 g/mol. The lowest BCUT2D eigenvalue weighted by Crippen LogP contribution is -2.02. The first kappa shape index (κ1) is 10.2. The Morgan fingerprint density at radius 2 is 2.35 bits per heavy atom. The van der Waals surface area contributed by atoms with E-state index in [2.05, 4.69) is 14.5 Å². The molecule has 8 heteroatoms. The average molecular weight is 251 g/mol. The summed E-state index contributed by atoms with van der Waals surface area (Å²) in [7, 11) is 0. The lowest BCUT2D eigenvalue weighted by molar-refractivity contribution is 0.0691. The summed E-state index contributed by atoms with van der Waals surface area (Å²) in [6.45, 7) is 0. The maximum absolute atomic E-state index is 10.8. The van der Waals surface area contributed by atoms with Gasteiger partial charge in [-0.05, 0) is 12.8 Å². The first-order valence-electron chi connectivity index (χ1n) is 5.07. The van der Waals surface area contributed by atoms with E-state index in [1.165, 1.54) is 22.4 Å². The highest BCUT2D eigenvalue weighted by Gasteiger charge is 2.28. The predicted molar refractivity (Wildman–Crippen MR) is 60.4 cm³/mol. The second-order valence-electron chi connectivity index (χ2n) is 3.89. The first-order chi connectivity index (χ1) is 8.15. The summed E-state index contributed by atoms with van der Waals surface area (Å²) in [4.78, 5) is 15.1. The number of carboxylic acids is 1. The summed E-state index contributed by atoms with van der Waals surface area (Å²) in [5.41, 5.74) is 5.52. The third-order valence-electron chi connectivity index (χ3n) is 2.51. The van der Waals surface area contributed by atoms with Crippen molar-refractivity contribution in [2.45, 2.75) is 18.8 Å². The number of nitrogen functional groups attached to an aromatic ring is 1. The van der Waals surface area contributed by atoms with Gasteiger partial charge in [-0.2, -0.15) is 9.47 Å². The van der Waals surface area contributed by atoms with Gasteiger partial charge in [0.05, 0.1) is 11.9 Å². The molecule has 7 nitrogen and oxygen atoms in total. The zero-order chi connectivity index (χ0) is 12.0. The van der Waals surface area contributed by atoms with Crippen LogP contribution in [0.15, 0.2) is 6.20 Å². The van der Waals surface area contributed by atoms with Crippen LogP contribution in [0.3, 0.4) is 0 Å². The number of carbonyl (C=O) groups is 1. The number of aromatic carboxylic acids is 1. The molecular formula is C9H9N5O2S. The Morgan fingerprint density at radius 1 is 1.59 bits per heavy atom. The number of aromatic nitrogens is 4. The molecule has 3 N–H and O–H groups in total. The van der Waals surface area contributed by atoms with Crippen LogP contribution in [0, 0.1) is 0 Å². The molecule has 2 aromatic heterocycles. The van der Waals surface area contributed by atoms with E-state index in [4.69, 9.17) is 10.8 Å². The molecule has 0 bridgehead atoms. The fraction of sp³-hybridized carbons (Fsp3) is 0.333. The standard InChI is InChI=1S/C9H9N5O2S/c10-5-3-14(12-6(5)8(15)16)9-11-7(13-17-9)4-1-2-4/h3-4H,1-2,10H2,(H,15,16). The molecule has 1 saturated carbocycles. The zero-order valence-electron chi connectivity index (χ0n) is 8.70. The Bertz CT molecular complexity index is 586. The molecule has 1 fully saturated rings. The van der Waals surface area contributed by atoms with E-state index in [1.807, 2.05) is 0 Å². The number of rotatable bonds is 3. The van der Waals surface area contributed by atoms with Gasteiger partial charge in [0.15, 0.2) is 5.69 Å². The molecule has 3 rings (SSSR count). The van der Waals surface area contributed by atoms with E-state index in [0.717, 1.165) is 18.7 Å². The molecule has 1 aliphatic carbocycles. The Balaban J connectivity index is 1.96. The smallest absolute Gasteiger partial charge is 0.358 e. The summed E-state index contributed by atoms with van der Waals surface area (Å²) >= 11 is 1.20. The van der Waals surface area contributed by atoms with E-state index < -0.39 is 5.97 Å². The van der Waals surface area contributed by atoms with Gasteiger partial charge in [0.1, 0.15) is 5.82 Å². The highest BCUT2D eigenvalue weighted by atomic mass is 32.1. The number of carboxylic acid groups (broad SMARTS) is 1. The van der Waals surface area contributed by atoms with Gasteiger partial charge in [0, 0.05) is 17.5 Å². The minimum atomic E-state index is -1.15. The van der Waals surface area contributed by atoms with Gasteiger partial charge in [0.25, 0.3) is 0 Å². The van der Waals surface area contributed by atoms with Crippen LogP contribution in [-0.2, 0) is 0 Å². The molecule has 0 saturated heterocycles. The third kappa shape index (κ3) is 1.76. The van der Waals surface area contributed by atoms with Crippen molar-refractivity contribution in [2.24, 2.45) is 0 Å². The van der Waals surface area contributed by atoms with Gasteiger partial charge in [-0.15, -0.1) is 0 Å². The second kappa shape index (κ2) is 3.52. The summed E-state index contributed by atoms with van der Waals surface area (Å²) in [5.74, 6) is 0.135. The minimum Gasteiger partial charge on any atom is -0.476 e. The van der Waals surface area contributed by atoms with Crippen LogP contribution in [0.4, 0.5) is 5.69 Å². The molecule has 0 aliphatic heterocycles. The monoisotopic (exact) mass is 251 g/mol. The molecule has 0 radical (unpaired) electrons. The van der Waals surface area contributed by atoms with Crippen LogP contribution in [-0.4, -0.2) is 30.2 Å². The normalized spacial score (nSPS) is 15.1. The van der Waals surface area contributed by atoms with Crippen LogP contribution in [0.5, 0.6) is 0 Å². The SMILES string of the molecule is Nc1cn(-c2nc(C3CC3)ns2)nc1C(=O)O. The summed E-state index contributed by atoms with van der Waals surface area (Å²) in [6, 6.07) is 0. The van der Waals surface area contributed by atoms with Crippen molar-refractivity contribution in [3.8, 4) is 5.13 Å². The fourth-order valence-electron chi connectivity index (χ4n) is 1.48. The first-order valence-corrected chi connectivity index (χ1v) is 5.85. The highest BCUT2D eigenvalue weighted by molar-refractivity contribution is 7.08. The maximum atomic E-state index is 10.8. The van der Waals surface area contributed by atoms with Crippen molar-refractivity contribution >= 4 is 23.2 Å². The Kier molecular flexibility index (Phi) is 2.11. The maximum Gasteiger partial charge on any atom is 0.358 e. The molecule has 88 valence electrons. The van der Waals surface area contributed by atoms with E-state index in [1.54, 1.807) is 0 Å². The molecule has 0 spiro atoms. The molecule has 0 unspecified atom stereocenters. The summed E-state index contributed by atoms with van der Waals surface area (Å²) < 4.78 is 5.58. The minimum absolute atomic E-state index is 0.126. The number of hydrogen-bond donors (Lipinski definition) is 2. The van der Waals surface area contributed by atoms with Crippen molar-refractivity contribution in [2.75, 3.05) is 5.73 Å². The van der Waals surface area contributed by atoms with Crippen molar-refractivity contribution in [3.05, 3.63) is 17.7 Å². The largest absolute Gasteiger partial charge is 0.476 e. The van der Waals surface area contributed by atoms with Gasteiger partial charge in [0.2, 0.25) is 5.13 Å². The Morgan fingerprint density at radius 3 is 2.94 bits per heavy atom. The van der Waals surface area contributed by atoms with Gasteiger partial charge in [-0.3, -0.25) is 0 Å². The Labute approximate surface area is 100 Å². The van der Waals surface area contributed by atoms with Crippen LogP contribution in [0.2, 0.25) is 0 Å². The lowest BCUT2D eigenvalue weighted by Gasteiger charge is -1.91. The van der Waals surface area contributed by atoms with Crippen LogP contribution in [0.25, 0.3) is 5.13 Å². The van der Waals surface area contributed by atoms with Crippen LogP contribution >= 0.6 is 11.5 Å². The molecule has 0 amide bonds. The third-order valence-corrected chi connectivity index (χ3v) is 3.23. The second-order valence-corrected chi connectivity index (χ2v) is 4.62. The molecule has 2 heterocycles. The van der Waals surface area contributed by atoms with Crippen LogP contribution < -0.4 is 5.73 Å². The Hall–Kier alpha value is -1.96. The van der Waals surface area contributed by atoms with E-state index >= 15 is 0 Å². The average Bonchev–Trinajstić information content (AvgIpc) is 2.88. The van der Waals surface area contributed by atoms with Crippen molar-refractivity contribution in [3.63, 3.8) is 0 Å². The van der Waals surface area contributed by atoms with Crippen LogP contribution in [0.1, 0.15) is 35.1 Å². The number of nitrogens with two attached hydrogens (primary N) is 1. The predicted octanol–water partition coefficient (Wildman–Crippen LogP) is 0.882. The summed E-state index contributed by atoms with van der Waals surface area (Å²) in [5, 5.41) is 13.3. The topological polar surface area (TPSA) is 107 Å². The molecule has 1 aliphatic rings. The highest BCUT2D eigenvalue weighted by Crippen LogP contribution is 2.39. The van der Waals surface area contributed by atoms with Gasteiger partial charge in [-0.25, -0.2) is 14.5 Å². The molecule has 0 atom stereocenters. The summed E-state index contributed by atoms with van der Waals surface area (Å²) in [6.07, 6.45) is 3.69. The number of hydrogen-bond acceptors (Lipinski definition) is 6. The molecule has 2 aromatic rings. The van der Waals surface area contributed by atoms with Crippen molar-refractivity contribution in [1.29, 1.82) is 0 Å².